The molecule has 0 aliphatic heterocycles. The van der Waals surface area contributed by atoms with Gasteiger partial charge in [-0.2, -0.15) is 0 Å². The van der Waals surface area contributed by atoms with Crippen molar-refractivity contribution >= 4 is 33.1 Å². The Kier molecular flexibility index (Phi) is 3.54. The van der Waals surface area contributed by atoms with Crippen LogP contribution in [-0.2, 0) is 10.0 Å². The van der Waals surface area contributed by atoms with Gasteiger partial charge in [0.1, 0.15) is 14.9 Å². The molecule has 19 heavy (non-hydrogen) atoms. The molecule has 0 bridgehead atoms. The van der Waals surface area contributed by atoms with Crippen molar-refractivity contribution in [3.05, 3.63) is 41.4 Å². The van der Waals surface area contributed by atoms with Crippen LogP contribution < -0.4 is 4.31 Å². The number of thiophene rings is 1. The van der Waals surface area contributed by atoms with E-state index in [9.17, 15) is 13.2 Å². The van der Waals surface area contributed by atoms with Gasteiger partial charge in [-0.1, -0.05) is 6.07 Å². The molecule has 0 atom stereocenters. The maximum absolute atomic E-state index is 12.3. The molecule has 6 nitrogen and oxygen atoms in total. The Hall–Kier alpha value is -1.93. The van der Waals surface area contributed by atoms with Crippen LogP contribution in [0.15, 0.2) is 40.7 Å². The fraction of sp³-hybridized carbons (Fsp3) is 0.0909. The van der Waals surface area contributed by atoms with Gasteiger partial charge in [0.15, 0.2) is 0 Å². The lowest BCUT2D eigenvalue weighted by Gasteiger charge is -2.16. The van der Waals surface area contributed by atoms with Gasteiger partial charge in [0, 0.05) is 13.2 Å². The highest BCUT2D eigenvalue weighted by Crippen LogP contribution is 2.26. The van der Waals surface area contributed by atoms with Crippen LogP contribution in [0.1, 0.15) is 9.67 Å². The van der Waals surface area contributed by atoms with Crippen molar-refractivity contribution in [3.8, 4) is 0 Å². The number of carbonyl (C=O) groups is 1. The lowest BCUT2D eigenvalue weighted by atomic mass is 10.5. The monoisotopic (exact) mass is 298 g/mol. The van der Waals surface area contributed by atoms with Crippen LogP contribution in [0.5, 0.6) is 0 Å². The molecule has 2 rings (SSSR count). The molecule has 0 unspecified atom stereocenters. The smallest absolute Gasteiger partial charge is 0.345 e. The Morgan fingerprint density at radius 1 is 1.32 bits per heavy atom. The number of hydrogen-bond donors (Lipinski definition) is 1. The molecule has 0 radical (unpaired) electrons. The second kappa shape index (κ2) is 4.98. The quantitative estimate of drug-likeness (QED) is 0.927. The highest BCUT2D eigenvalue weighted by atomic mass is 32.2. The molecule has 2 heterocycles. The molecule has 0 amide bonds. The highest BCUT2D eigenvalue weighted by molar-refractivity contribution is 7.94. The average Bonchev–Trinajstić information content (AvgIpc) is 2.89. The first kappa shape index (κ1) is 13.5. The van der Waals surface area contributed by atoms with E-state index in [-0.39, 0.29) is 14.9 Å². The number of aromatic nitrogens is 1. The van der Waals surface area contributed by atoms with Crippen LogP contribution in [0.25, 0.3) is 0 Å². The summed E-state index contributed by atoms with van der Waals surface area (Å²) < 4.78 is 25.5. The Bertz CT molecular complexity index is 694. The number of rotatable bonds is 4. The van der Waals surface area contributed by atoms with Crippen molar-refractivity contribution in [1.29, 1.82) is 0 Å². The molecule has 0 saturated carbocycles. The molecule has 0 aromatic carbocycles. The molecule has 0 saturated heterocycles. The van der Waals surface area contributed by atoms with E-state index in [1.54, 1.807) is 18.2 Å². The Morgan fingerprint density at radius 3 is 2.58 bits per heavy atom. The van der Waals surface area contributed by atoms with Crippen molar-refractivity contribution in [2.45, 2.75) is 4.21 Å². The van der Waals surface area contributed by atoms with Gasteiger partial charge < -0.3 is 5.11 Å². The Morgan fingerprint density at radius 2 is 2.05 bits per heavy atom. The zero-order valence-corrected chi connectivity index (χ0v) is 11.5. The average molecular weight is 298 g/mol. The minimum absolute atomic E-state index is 0.0204. The summed E-state index contributed by atoms with van der Waals surface area (Å²) in [5.41, 5.74) is 0. The summed E-state index contributed by atoms with van der Waals surface area (Å²) in [7, 11) is -2.41. The van der Waals surface area contributed by atoms with Crippen LogP contribution in [0.4, 0.5) is 5.82 Å². The third-order valence-corrected chi connectivity index (χ3v) is 5.68. The maximum Gasteiger partial charge on any atom is 0.345 e. The maximum atomic E-state index is 12.3. The molecule has 0 aliphatic rings. The molecule has 0 aliphatic carbocycles. The standard InChI is InChI=1S/C11H10N2O4S2/c1-13(9-4-2-3-7-12-9)19(16,17)10-6-5-8(18-10)11(14)15/h2-7H,1H3,(H,14,15). The van der Waals surface area contributed by atoms with Gasteiger partial charge in [-0.05, 0) is 24.3 Å². The second-order valence-corrected chi connectivity index (χ2v) is 6.86. The van der Waals surface area contributed by atoms with Crippen molar-refractivity contribution in [2.75, 3.05) is 11.4 Å². The van der Waals surface area contributed by atoms with Gasteiger partial charge >= 0.3 is 5.97 Å². The van der Waals surface area contributed by atoms with Crippen LogP contribution >= 0.6 is 11.3 Å². The molecule has 1 N–H and O–H groups in total. The van der Waals surface area contributed by atoms with Crippen molar-refractivity contribution in [3.63, 3.8) is 0 Å². The fourth-order valence-corrected chi connectivity index (χ4v) is 3.84. The summed E-state index contributed by atoms with van der Waals surface area (Å²) in [4.78, 5) is 14.7. The number of carboxylic acids is 1. The lowest BCUT2D eigenvalue weighted by Crippen LogP contribution is -2.26. The number of hydrogen-bond acceptors (Lipinski definition) is 5. The summed E-state index contributed by atoms with van der Waals surface area (Å²) >= 11 is 0.714. The first-order valence-electron chi connectivity index (χ1n) is 5.16. The van der Waals surface area contributed by atoms with Gasteiger partial charge in [0.25, 0.3) is 10.0 Å². The van der Waals surface area contributed by atoms with E-state index in [0.29, 0.717) is 11.3 Å². The Balaban J connectivity index is 2.39. The Labute approximate surface area is 114 Å². The van der Waals surface area contributed by atoms with E-state index in [1.165, 1.54) is 25.4 Å². The van der Waals surface area contributed by atoms with Crippen molar-refractivity contribution in [2.24, 2.45) is 0 Å². The van der Waals surface area contributed by atoms with E-state index in [1.807, 2.05) is 0 Å². The summed E-state index contributed by atoms with van der Waals surface area (Å²) in [5, 5.41) is 8.81. The summed E-state index contributed by atoms with van der Waals surface area (Å²) in [6.07, 6.45) is 1.48. The number of nitrogens with zero attached hydrogens (tertiary/aromatic N) is 2. The molecule has 2 aromatic heterocycles. The predicted molar refractivity (Wildman–Crippen MR) is 71.1 cm³/mol. The zero-order chi connectivity index (χ0) is 14.0. The van der Waals surface area contributed by atoms with Crippen LogP contribution in [-0.4, -0.2) is 31.5 Å². The van der Waals surface area contributed by atoms with Crippen LogP contribution in [0.2, 0.25) is 0 Å². The molecule has 0 spiro atoms. The van der Waals surface area contributed by atoms with Crippen LogP contribution in [0, 0.1) is 0 Å². The first-order valence-corrected chi connectivity index (χ1v) is 7.41. The zero-order valence-electron chi connectivity index (χ0n) is 9.85. The summed E-state index contributed by atoms with van der Waals surface area (Å²) in [6, 6.07) is 7.46. The van der Waals surface area contributed by atoms with Gasteiger partial charge in [0.05, 0.1) is 0 Å². The molecular formula is C11H10N2O4S2. The molecule has 8 heteroatoms. The van der Waals surface area contributed by atoms with Gasteiger partial charge in [-0.15, -0.1) is 11.3 Å². The molecule has 0 fully saturated rings. The van der Waals surface area contributed by atoms with Gasteiger partial charge in [-0.25, -0.2) is 18.2 Å². The van der Waals surface area contributed by atoms with Crippen molar-refractivity contribution < 1.29 is 18.3 Å². The van der Waals surface area contributed by atoms with E-state index in [0.717, 1.165) is 4.31 Å². The van der Waals surface area contributed by atoms with E-state index < -0.39 is 16.0 Å². The van der Waals surface area contributed by atoms with Gasteiger partial charge in [-0.3, -0.25) is 4.31 Å². The largest absolute Gasteiger partial charge is 0.477 e. The van der Waals surface area contributed by atoms with E-state index in [4.69, 9.17) is 5.11 Å². The number of anilines is 1. The summed E-state index contributed by atoms with van der Waals surface area (Å²) in [6.45, 7) is 0. The van der Waals surface area contributed by atoms with E-state index in [2.05, 4.69) is 4.98 Å². The minimum atomic E-state index is -3.78. The van der Waals surface area contributed by atoms with Gasteiger partial charge in [0.2, 0.25) is 0 Å². The van der Waals surface area contributed by atoms with Crippen molar-refractivity contribution in [1.82, 2.24) is 4.98 Å². The second-order valence-electron chi connectivity index (χ2n) is 3.58. The molecule has 2 aromatic rings. The highest BCUT2D eigenvalue weighted by Gasteiger charge is 2.25. The minimum Gasteiger partial charge on any atom is -0.477 e. The lowest BCUT2D eigenvalue weighted by molar-refractivity contribution is 0.0702. The van der Waals surface area contributed by atoms with Crippen LogP contribution in [0.3, 0.4) is 0 Å². The number of carboxylic acid groups (broad SMARTS) is 1. The summed E-state index contributed by atoms with van der Waals surface area (Å²) in [5.74, 6) is -0.875. The first-order chi connectivity index (χ1) is 8.93. The number of aromatic carboxylic acids is 1. The SMILES string of the molecule is CN(c1ccccn1)S(=O)(=O)c1ccc(C(=O)O)s1. The molecular weight excluding hydrogens is 288 g/mol. The number of pyridine rings is 1. The third kappa shape index (κ3) is 2.59. The fourth-order valence-electron chi connectivity index (χ4n) is 1.37. The predicted octanol–water partition coefficient (Wildman–Crippen LogP) is 1.67. The normalized spacial score (nSPS) is 11.2. The van der Waals surface area contributed by atoms with E-state index >= 15 is 0 Å². The third-order valence-electron chi connectivity index (χ3n) is 2.38. The molecule has 100 valence electrons. The topological polar surface area (TPSA) is 87.6 Å². The number of sulfonamides is 1.